The van der Waals surface area contributed by atoms with Crippen LogP contribution in [-0.4, -0.2) is 30.2 Å². The quantitative estimate of drug-likeness (QED) is 0.494. The van der Waals surface area contributed by atoms with Crippen LogP contribution in [0.4, 0.5) is 0 Å². The summed E-state index contributed by atoms with van der Waals surface area (Å²) in [6.45, 7) is 0. The Bertz CT molecular complexity index is 245. The number of benzene rings is 1. The number of rotatable bonds is 1. The maximum absolute atomic E-state index is 5.71. The van der Waals surface area contributed by atoms with Gasteiger partial charge in [0.2, 0.25) is 0 Å². The normalized spacial score (nSPS) is 7.92. The second-order valence-electron chi connectivity index (χ2n) is 1.67. The van der Waals surface area contributed by atoms with E-state index in [-0.39, 0.29) is 40.0 Å². The summed E-state index contributed by atoms with van der Waals surface area (Å²) in [5.74, 6) is 0.574. The molecule has 0 N–H and O–H groups in total. The Kier molecular flexibility index (Phi) is 9.28. The summed E-state index contributed by atoms with van der Waals surface area (Å²) in [6.07, 6.45) is 0. The van der Waals surface area contributed by atoms with Crippen molar-refractivity contribution < 1.29 is 21.7 Å². The van der Waals surface area contributed by atoms with Gasteiger partial charge < -0.3 is 21.7 Å². The third-order valence-electron chi connectivity index (χ3n) is 1.07. The van der Waals surface area contributed by atoms with E-state index in [9.17, 15) is 0 Å². The summed E-state index contributed by atoms with van der Waals surface area (Å²) in [7, 11) is 1.54. The fourth-order valence-electron chi connectivity index (χ4n) is 0.593. The van der Waals surface area contributed by atoms with Gasteiger partial charge in [0.15, 0.2) is 0 Å². The third-order valence-corrected chi connectivity index (χ3v) is 1.84. The molecule has 12 heavy (non-hydrogen) atoms. The molecule has 0 aromatic heterocycles. The summed E-state index contributed by atoms with van der Waals surface area (Å²) in [5, 5.41) is 0.799. The van der Waals surface area contributed by atoms with Crippen molar-refractivity contribution in [2.24, 2.45) is 0 Å². The zero-order valence-corrected chi connectivity index (χ0v) is 10.9. The molecule has 0 radical (unpaired) electrons. The van der Waals surface area contributed by atoms with Gasteiger partial charge in [-0.2, -0.15) is 23.7 Å². The summed E-state index contributed by atoms with van der Waals surface area (Å²) in [4.78, 5) is 0. The largest absolute Gasteiger partial charge is 2.00 e. The summed E-state index contributed by atoms with van der Waals surface area (Å²) in [5.41, 5.74) is 0. The van der Waals surface area contributed by atoms with Crippen molar-refractivity contribution in [3.05, 3.63) is 28.2 Å². The van der Waals surface area contributed by atoms with Gasteiger partial charge in [0.05, 0.1) is 7.11 Å². The number of hydrogen-bond donors (Lipinski definition) is 0. The van der Waals surface area contributed by atoms with Gasteiger partial charge in [-0.1, -0.05) is 5.02 Å². The first-order valence-electron chi connectivity index (χ1n) is 2.65. The van der Waals surface area contributed by atoms with E-state index < -0.39 is 0 Å². The Morgan fingerprint density at radius 1 is 1.42 bits per heavy atom. The molecule has 0 saturated heterocycles. The van der Waals surface area contributed by atoms with E-state index in [0.717, 1.165) is 0 Å². The van der Waals surface area contributed by atoms with E-state index in [1.165, 1.54) is 7.11 Å². The topological polar surface area (TPSA) is 9.23 Å². The molecule has 0 bridgehead atoms. The molecule has 0 spiro atoms. The van der Waals surface area contributed by atoms with Gasteiger partial charge in [-0.25, -0.2) is 0 Å². The molecular formula is C7H5BrCl2MgO. The number of halogens is 3. The number of hydrogen-bond acceptors (Lipinski definition) is 1. The fraction of sp³-hybridized carbons (Fsp3) is 0.143. The van der Waals surface area contributed by atoms with Crippen LogP contribution >= 0.6 is 23.2 Å². The number of methoxy groups -OCH3 is 1. The Morgan fingerprint density at radius 3 is 2.42 bits per heavy atom. The Labute approximate surface area is 108 Å². The predicted octanol–water partition coefficient (Wildman–Crippen LogP) is -0.575. The molecule has 1 nitrogen and oxygen atoms in total. The van der Waals surface area contributed by atoms with Crippen molar-refractivity contribution >= 4 is 46.3 Å². The maximum Gasteiger partial charge on any atom is 2.00 e. The van der Waals surface area contributed by atoms with Crippen LogP contribution in [0.5, 0.6) is 5.75 Å². The zero-order chi connectivity index (χ0) is 7.56. The summed E-state index contributed by atoms with van der Waals surface area (Å²) in [6, 6.07) is 6.09. The van der Waals surface area contributed by atoms with Crippen molar-refractivity contribution in [2.75, 3.05) is 7.11 Å². The molecule has 0 fully saturated rings. The van der Waals surface area contributed by atoms with Crippen molar-refractivity contribution in [1.82, 2.24) is 0 Å². The Morgan fingerprint density at radius 2 is 2.00 bits per heavy atom. The van der Waals surface area contributed by atoms with Gasteiger partial charge in [-0.15, -0.1) is 17.7 Å². The van der Waals surface area contributed by atoms with E-state index in [1.54, 1.807) is 12.1 Å². The molecule has 0 amide bonds. The number of ether oxygens (including phenoxy) is 1. The molecule has 0 heterocycles. The second kappa shape index (κ2) is 7.27. The second-order valence-corrected chi connectivity index (χ2v) is 2.43. The van der Waals surface area contributed by atoms with Crippen LogP contribution in [-0.2, 0) is 0 Å². The van der Waals surface area contributed by atoms with Crippen molar-refractivity contribution in [3.8, 4) is 5.75 Å². The monoisotopic (exact) mass is 278 g/mol. The first-order chi connectivity index (χ1) is 4.75. The Balaban J connectivity index is 0. The van der Waals surface area contributed by atoms with Crippen LogP contribution in [0.2, 0.25) is 10.0 Å². The summed E-state index contributed by atoms with van der Waals surface area (Å²) < 4.78 is 4.89. The van der Waals surface area contributed by atoms with Gasteiger partial charge in [0.25, 0.3) is 0 Å². The van der Waals surface area contributed by atoms with Gasteiger partial charge in [-0.3, -0.25) is 0 Å². The SMILES string of the molecule is COc1cc[c-]c(Cl)c1Cl.[Br-].[Mg+2]. The van der Waals surface area contributed by atoms with Crippen LogP contribution in [0.25, 0.3) is 0 Å². The predicted molar refractivity (Wildman–Crippen MR) is 47.6 cm³/mol. The van der Waals surface area contributed by atoms with E-state index in [2.05, 4.69) is 6.07 Å². The zero-order valence-electron chi connectivity index (χ0n) is 6.40. The van der Waals surface area contributed by atoms with Gasteiger partial charge in [0.1, 0.15) is 0 Å². The van der Waals surface area contributed by atoms with Crippen LogP contribution in [0.3, 0.4) is 0 Å². The average molecular weight is 280 g/mol. The standard InChI is InChI=1S/C7H5Cl2O.BrH.Mg/c1-10-6-4-2-3-5(8)7(6)9;;/h2,4H,1H3;1H;/q-1;;+2/p-1. The fourth-order valence-corrected chi connectivity index (χ4v) is 0.944. The third kappa shape index (κ3) is 3.71. The molecule has 62 valence electrons. The molecule has 0 aliphatic heterocycles. The first-order valence-corrected chi connectivity index (χ1v) is 3.41. The molecule has 1 aromatic rings. The molecule has 0 aliphatic rings. The molecule has 5 heteroatoms. The van der Waals surface area contributed by atoms with Crippen molar-refractivity contribution in [2.45, 2.75) is 0 Å². The minimum atomic E-state index is 0. The maximum atomic E-state index is 5.71. The molecule has 0 unspecified atom stereocenters. The van der Waals surface area contributed by atoms with E-state index >= 15 is 0 Å². The van der Waals surface area contributed by atoms with E-state index in [0.29, 0.717) is 15.8 Å². The first kappa shape index (κ1) is 15.3. The van der Waals surface area contributed by atoms with Crippen molar-refractivity contribution in [3.63, 3.8) is 0 Å². The molecule has 1 rings (SSSR count). The average Bonchev–Trinajstić information content (AvgIpc) is 1.95. The van der Waals surface area contributed by atoms with Crippen LogP contribution in [0, 0.1) is 6.07 Å². The van der Waals surface area contributed by atoms with Crippen LogP contribution in [0.1, 0.15) is 0 Å². The molecule has 1 aromatic carbocycles. The van der Waals surface area contributed by atoms with Crippen LogP contribution < -0.4 is 21.7 Å². The minimum Gasteiger partial charge on any atom is -1.00 e. The van der Waals surface area contributed by atoms with Gasteiger partial charge in [0, 0.05) is 5.75 Å². The molecule has 0 aliphatic carbocycles. The van der Waals surface area contributed by atoms with E-state index in [4.69, 9.17) is 27.9 Å². The molecule has 0 saturated carbocycles. The molecular weight excluding hydrogens is 275 g/mol. The van der Waals surface area contributed by atoms with Gasteiger partial charge >= 0.3 is 23.1 Å². The smallest absolute Gasteiger partial charge is 1.00 e. The minimum absolute atomic E-state index is 0. The van der Waals surface area contributed by atoms with Crippen LogP contribution in [0.15, 0.2) is 12.1 Å². The van der Waals surface area contributed by atoms with Gasteiger partial charge in [-0.05, 0) is 5.02 Å². The van der Waals surface area contributed by atoms with Crippen molar-refractivity contribution in [1.29, 1.82) is 0 Å². The summed E-state index contributed by atoms with van der Waals surface area (Å²) >= 11 is 11.3. The van der Waals surface area contributed by atoms with E-state index in [1.807, 2.05) is 0 Å². The molecule has 0 atom stereocenters. The Hall–Kier alpha value is 0.846.